The molecule has 3 nitrogen and oxygen atoms in total. The number of halogens is 1. The summed E-state index contributed by atoms with van der Waals surface area (Å²) in [5.41, 5.74) is 5.70. The number of hydrogen-bond acceptors (Lipinski definition) is 3. The van der Waals surface area contributed by atoms with Crippen LogP contribution in [-0.4, -0.2) is 23.7 Å². The molecule has 1 aromatic carbocycles. The van der Waals surface area contributed by atoms with Crippen LogP contribution in [0.2, 0.25) is 5.02 Å². The smallest absolute Gasteiger partial charge is 0.233 e. The maximum Gasteiger partial charge on any atom is 0.233 e. The SMILES string of the molecule is CCCCC(CN)NC(=O)C(C)Sc1ccccc1Cl. The van der Waals surface area contributed by atoms with Crippen LogP contribution in [0.25, 0.3) is 0 Å². The van der Waals surface area contributed by atoms with E-state index in [1.807, 2.05) is 31.2 Å². The molecule has 3 N–H and O–H groups in total. The van der Waals surface area contributed by atoms with Gasteiger partial charge in [-0.2, -0.15) is 0 Å². The second-order valence-electron chi connectivity index (χ2n) is 4.77. The fraction of sp³-hybridized carbons (Fsp3) is 0.533. The molecule has 0 aliphatic heterocycles. The van der Waals surface area contributed by atoms with E-state index in [-0.39, 0.29) is 17.2 Å². The van der Waals surface area contributed by atoms with Crippen LogP contribution in [0.15, 0.2) is 29.2 Å². The number of amides is 1. The van der Waals surface area contributed by atoms with Crippen molar-refractivity contribution < 1.29 is 4.79 Å². The summed E-state index contributed by atoms with van der Waals surface area (Å²) in [4.78, 5) is 13.1. The predicted octanol–water partition coefficient (Wildman–Crippen LogP) is 3.45. The number of rotatable bonds is 8. The molecule has 2 unspecified atom stereocenters. The van der Waals surface area contributed by atoms with Gasteiger partial charge < -0.3 is 11.1 Å². The van der Waals surface area contributed by atoms with Gasteiger partial charge >= 0.3 is 0 Å². The quantitative estimate of drug-likeness (QED) is 0.723. The third-order valence-corrected chi connectivity index (χ3v) is 4.67. The van der Waals surface area contributed by atoms with E-state index in [0.29, 0.717) is 11.6 Å². The van der Waals surface area contributed by atoms with Crippen molar-refractivity contribution in [3.8, 4) is 0 Å². The monoisotopic (exact) mass is 314 g/mol. The molecule has 0 aliphatic carbocycles. The van der Waals surface area contributed by atoms with Crippen LogP contribution in [0, 0.1) is 0 Å². The lowest BCUT2D eigenvalue weighted by atomic mass is 10.1. The molecule has 0 bridgehead atoms. The van der Waals surface area contributed by atoms with Crippen molar-refractivity contribution in [3.63, 3.8) is 0 Å². The Morgan fingerprint density at radius 1 is 1.45 bits per heavy atom. The van der Waals surface area contributed by atoms with Gasteiger partial charge in [-0.15, -0.1) is 11.8 Å². The summed E-state index contributed by atoms with van der Waals surface area (Å²) in [6.45, 7) is 4.50. The van der Waals surface area contributed by atoms with Gasteiger partial charge in [0.15, 0.2) is 0 Å². The Balaban J connectivity index is 2.52. The normalized spacial score (nSPS) is 13.8. The second kappa shape index (κ2) is 9.27. The average molecular weight is 315 g/mol. The van der Waals surface area contributed by atoms with Crippen LogP contribution in [0.4, 0.5) is 0 Å². The molecule has 0 heterocycles. The Hall–Kier alpha value is -0.710. The summed E-state index contributed by atoms with van der Waals surface area (Å²) < 4.78 is 0. The molecule has 5 heteroatoms. The highest BCUT2D eigenvalue weighted by molar-refractivity contribution is 8.00. The van der Waals surface area contributed by atoms with Gasteiger partial charge in [-0.1, -0.05) is 43.5 Å². The Bertz CT molecular complexity index is 428. The first kappa shape index (κ1) is 17.3. The van der Waals surface area contributed by atoms with Gasteiger partial charge in [-0.25, -0.2) is 0 Å². The van der Waals surface area contributed by atoms with Gasteiger partial charge in [0.25, 0.3) is 0 Å². The molecule has 1 rings (SSSR count). The third-order valence-electron chi connectivity index (χ3n) is 3.05. The lowest BCUT2D eigenvalue weighted by molar-refractivity contribution is -0.121. The minimum absolute atomic E-state index is 0.0153. The number of carbonyl (C=O) groups excluding carboxylic acids is 1. The highest BCUT2D eigenvalue weighted by atomic mass is 35.5. The number of hydrogen-bond donors (Lipinski definition) is 2. The molecule has 1 aromatic rings. The van der Waals surface area contributed by atoms with E-state index in [9.17, 15) is 4.79 Å². The zero-order valence-corrected chi connectivity index (χ0v) is 13.6. The summed E-state index contributed by atoms with van der Waals surface area (Å²) in [7, 11) is 0. The molecule has 0 saturated carbocycles. The Morgan fingerprint density at radius 3 is 2.75 bits per heavy atom. The minimum Gasteiger partial charge on any atom is -0.351 e. The fourth-order valence-corrected chi connectivity index (χ4v) is 2.97. The molecule has 20 heavy (non-hydrogen) atoms. The molecule has 0 radical (unpaired) electrons. The van der Waals surface area contributed by atoms with Crippen LogP contribution < -0.4 is 11.1 Å². The lowest BCUT2D eigenvalue weighted by Crippen LogP contribution is -2.43. The van der Waals surface area contributed by atoms with E-state index in [1.165, 1.54) is 11.8 Å². The third kappa shape index (κ3) is 5.73. The Labute approximate surface area is 130 Å². The van der Waals surface area contributed by atoms with Crippen molar-refractivity contribution in [3.05, 3.63) is 29.3 Å². The zero-order valence-electron chi connectivity index (χ0n) is 12.1. The number of carbonyl (C=O) groups is 1. The standard InChI is InChI=1S/C15H23ClN2OS/c1-3-4-7-12(10-17)18-15(19)11(2)20-14-9-6-5-8-13(14)16/h5-6,8-9,11-12H,3-4,7,10,17H2,1-2H3,(H,18,19). The van der Waals surface area contributed by atoms with Crippen molar-refractivity contribution in [1.82, 2.24) is 5.32 Å². The summed E-state index contributed by atoms with van der Waals surface area (Å²) in [5.74, 6) is 0.0153. The van der Waals surface area contributed by atoms with Crippen LogP contribution in [-0.2, 0) is 4.79 Å². The molecule has 0 fully saturated rings. The molecular weight excluding hydrogens is 292 g/mol. The molecule has 0 aromatic heterocycles. The molecule has 112 valence electrons. The van der Waals surface area contributed by atoms with E-state index in [0.717, 1.165) is 24.2 Å². The van der Waals surface area contributed by atoms with Gasteiger partial charge in [-0.05, 0) is 25.5 Å². The highest BCUT2D eigenvalue weighted by Gasteiger charge is 2.18. The van der Waals surface area contributed by atoms with E-state index < -0.39 is 0 Å². The topological polar surface area (TPSA) is 55.1 Å². The highest BCUT2D eigenvalue weighted by Crippen LogP contribution is 2.30. The average Bonchev–Trinajstić information content (AvgIpc) is 2.45. The first-order valence-corrected chi connectivity index (χ1v) is 8.25. The zero-order chi connectivity index (χ0) is 15.0. The maximum absolute atomic E-state index is 12.2. The van der Waals surface area contributed by atoms with E-state index in [1.54, 1.807) is 0 Å². The minimum atomic E-state index is -0.189. The Kier molecular flexibility index (Phi) is 8.04. The Morgan fingerprint density at radius 2 is 2.15 bits per heavy atom. The van der Waals surface area contributed by atoms with Crippen molar-refractivity contribution in [1.29, 1.82) is 0 Å². The van der Waals surface area contributed by atoms with Gasteiger partial charge in [0.2, 0.25) is 5.91 Å². The van der Waals surface area contributed by atoms with E-state index >= 15 is 0 Å². The molecule has 1 amide bonds. The van der Waals surface area contributed by atoms with Crippen molar-refractivity contribution in [2.45, 2.75) is 49.3 Å². The number of thioether (sulfide) groups is 1. The number of nitrogens with two attached hydrogens (primary N) is 1. The lowest BCUT2D eigenvalue weighted by Gasteiger charge is -2.19. The molecule has 0 spiro atoms. The van der Waals surface area contributed by atoms with E-state index in [2.05, 4.69) is 12.2 Å². The van der Waals surface area contributed by atoms with Crippen molar-refractivity contribution in [2.75, 3.05) is 6.54 Å². The molecule has 2 atom stereocenters. The van der Waals surface area contributed by atoms with Crippen molar-refractivity contribution in [2.24, 2.45) is 5.73 Å². The maximum atomic E-state index is 12.2. The second-order valence-corrected chi connectivity index (χ2v) is 6.56. The summed E-state index contributed by atoms with van der Waals surface area (Å²) in [6.07, 6.45) is 3.12. The first-order chi connectivity index (χ1) is 9.58. The van der Waals surface area contributed by atoms with Crippen LogP contribution in [0.1, 0.15) is 33.1 Å². The number of benzene rings is 1. The molecule has 0 saturated heterocycles. The predicted molar refractivity (Wildman–Crippen MR) is 87.3 cm³/mol. The van der Waals surface area contributed by atoms with Crippen LogP contribution in [0.5, 0.6) is 0 Å². The summed E-state index contributed by atoms with van der Waals surface area (Å²) >= 11 is 7.57. The van der Waals surface area contributed by atoms with Crippen LogP contribution >= 0.6 is 23.4 Å². The van der Waals surface area contributed by atoms with Crippen molar-refractivity contribution >= 4 is 29.3 Å². The van der Waals surface area contributed by atoms with Gasteiger partial charge in [0.05, 0.1) is 10.3 Å². The first-order valence-electron chi connectivity index (χ1n) is 7.00. The largest absolute Gasteiger partial charge is 0.351 e. The summed E-state index contributed by atoms with van der Waals surface area (Å²) in [5, 5.41) is 3.50. The van der Waals surface area contributed by atoms with Gasteiger partial charge in [-0.3, -0.25) is 4.79 Å². The summed E-state index contributed by atoms with van der Waals surface area (Å²) in [6, 6.07) is 7.62. The fourth-order valence-electron chi connectivity index (χ4n) is 1.80. The number of nitrogens with one attached hydrogen (secondary N) is 1. The molecule has 0 aliphatic rings. The number of unbranched alkanes of at least 4 members (excludes halogenated alkanes) is 1. The van der Waals surface area contributed by atoms with Crippen LogP contribution in [0.3, 0.4) is 0 Å². The van der Waals surface area contributed by atoms with Gasteiger partial charge in [0, 0.05) is 17.5 Å². The van der Waals surface area contributed by atoms with E-state index in [4.69, 9.17) is 17.3 Å². The van der Waals surface area contributed by atoms with Gasteiger partial charge in [0.1, 0.15) is 0 Å². The molecular formula is C15H23ClN2OS.